The van der Waals surface area contributed by atoms with Crippen molar-refractivity contribution in [2.24, 2.45) is 23.7 Å². The van der Waals surface area contributed by atoms with Gasteiger partial charge in [-0.25, -0.2) is 15.0 Å². The summed E-state index contributed by atoms with van der Waals surface area (Å²) in [6, 6.07) is 11.5. The lowest BCUT2D eigenvalue weighted by molar-refractivity contribution is 0.387. The third kappa shape index (κ3) is 7.83. The first-order valence-electron chi connectivity index (χ1n) is 26.3. The smallest absolute Gasteiger partial charge is 0.164 e. The van der Waals surface area contributed by atoms with Crippen LogP contribution in [0.1, 0.15) is 133 Å². The molecular weight excluding hydrogens is 841 g/mol. The molecule has 2 aromatic carbocycles. The van der Waals surface area contributed by atoms with Crippen LogP contribution in [0.4, 0.5) is 0 Å². The van der Waals surface area contributed by atoms with E-state index in [1.54, 1.807) is 11.1 Å². The lowest BCUT2D eigenvalue weighted by Gasteiger charge is -2.38. The van der Waals surface area contributed by atoms with Crippen LogP contribution >= 0.6 is 0 Å². The highest BCUT2D eigenvalue weighted by Gasteiger charge is 2.35. The van der Waals surface area contributed by atoms with Gasteiger partial charge in [0.15, 0.2) is 17.5 Å². The number of rotatable bonds is 8. The molecule has 0 amide bonds. The van der Waals surface area contributed by atoms with Crippen LogP contribution in [0, 0.1) is 23.7 Å². The van der Waals surface area contributed by atoms with Crippen molar-refractivity contribution in [1.82, 2.24) is 19.5 Å². The first-order valence-corrected chi connectivity index (χ1v) is 26.3. The second-order valence-electron chi connectivity index (χ2n) is 20.8. The van der Waals surface area contributed by atoms with Crippen LogP contribution in [-0.2, 0) is 0 Å². The third-order valence-electron chi connectivity index (χ3n) is 16.4. The average Bonchev–Trinajstić information content (AvgIpc) is 3.97. The van der Waals surface area contributed by atoms with Crippen LogP contribution in [0.2, 0.25) is 0 Å². The summed E-state index contributed by atoms with van der Waals surface area (Å²) in [5.74, 6) is 4.23. The minimum atomic E-state index is 0.375. The number of fused-ring (bicyclic) bond motifs is 7. The van der Waals surface area contributed by atoms with Gasteiger partial charge in [-0.15, -0.1) is 0 Å². The van der Waals surface area contributed by atoms with Gasteiger partial charge in [0, 0.05) is 49.5 Å². The lowest BCUT2D eigenvalue weighted by Crippen LogP contribution is -2.30. The summed E-state index contributed by atoms with van der Waals surface area (Å²) in [5, 5.41) is 6.37. The predicted molar refractivity (Wildman–Crippen MR) is 288 cm³/mol. The Hall–Kier alpha value is -6.59. The Morgan fingerprint density at radius 3 is 2.25 bits per heavy atom. The molecule has 0 radical (unpaired) electrons. The quantitative estimate of drug-likeness (QED) is 0.146. The first kappa shape index (κ1) is 42.5. The maximum absolute atomic E-state index is 6.80. The Bertz CT molecular complexity index is 3480. The molecule has 0 saturated carbocycles. The van der Waals surface area contributed by atoms with Crippen molar-refractivity contribution in [2.45, 2.75) is 110 Å². The number of allylic oxidation sites excluding steroid dienone is 24. The SMILES string of the molecule is CC1CCC=C(c2nc(C3=CCCC=C3)nc(C3=C(c4ccc5oc6ccc7c(c8c(n7C7=CC=CCC7)=CCCC=8)c6c5c4)CCC(C4CC(C5=CC=CCC5)C=CC4C4=CC=CCC4)=C3)n2)C1. The molecule has 0 fully saturated rings. The molecule has 8 aliphatic rings. The van der Waals surface area contributed by atoms with E-state index in [0.29, 0.717) is 23.7 Å². The molecule has 13 rings (SSSR count). The highest BCUT2D eigenvalue weighted by Crippen LogP contribution is 2.49. The Morgan fingerprint density at radius 2 is 1.43 bits per heavy atom. The minimum absolute atomic E-state index is 0.375. The van der Waals surface area contributed by atoms with Gasteiger partial charge in [-0.3, -0.25) is 0 Å². The van der Waals surface area contributed by atoms with Gasteiger partial charge < -0.3 is 8.98 Å². The molecule has 4 atom stereocenters. The van der Waals surface area contributed by atoms with Gasteiger partial charge in [-0.1, -0.05) is 133 Å². The van der Waals surface area contributed by atoms with Crippen molar-refractivity contribution in [3.63, 3.8) is 0 Å². The number of nitrogens with zero attached hydrogens (tertiary/aromatic N) is 4. The molecule has 5 aromatic rings. The first-order chi connectivity index (χ1) is 34.1. The van der Waals surface area contributed by atoms with E-state index >= 15 is 0 Å². The van der Waals surface area contributed by atoms with Crippen LogP contribution in [0.5, 0.6) is 0 Å². The summed E-state index contributed by atoms with van der Waals surface area (Å²) in [6.45, 7) is 2.37. The summed E-state index contributed by atoms with van der Waals surface area (Å²) in [6.07, 6.45) is 59.8. The molecule has 0 spiro atoms. The normalized spacial score (nSPS) is 24.7. The summed E-state index contributed by atoms with van der Waals surface area (Å²) in [7, 11) is 0. The molecule has 5 heteroatoms. The van der Waals surface area contributed by atoms with E-state index in [4.69, 9.17) is 19.4 Å². The van der Waals surface area contributed by atoms with Crippen LogP contribution in [0.25, 0.3) is 73.0 Å². The fraction of sp³-hybridized carbons (Fsp3) is 0.328. The second kappa shape index (κ2) is 18.1. The van der Waals surface area contributed by atoms with Crippen LogP contribution < -0.4 is 10.6 Å². The van der Waals surface area contributed by atoms with Crippen molar-refractivity contribution >= 4 is 73.0 Å². The molecule has 344 valence electrons. The van der Waals surface area contributed by atoms with Crippen LogP contribution in [-0.4, -0.2) is 19.5 Å². The zero-order valence-electron chi connectivity index (χ0n) is 40.1. The van der Waals surface area contributed by atoms with Gasteiger partial charge in [0.25, 0.3) is 0 Å². The van der Waals surface area contributed by atoms with E-state index in [1.165, 1.54) is 66.6 Å². The Kier molecular flexibility index (Phi) is 11.1. The fourth-order valence-corrected chi connectivity index (χ4v) is 13.0. The van der Waals surface area contributed by atoms with Crippen LogP contribution in [0.15, 0.2) is 149 Å². The number of hydrogen-bond acceptors (Lipinski definition) is 4. The van der Waals surface area contributed by atoms with Crippen molar-refractivity contribution < 1.29 is 4.42 Å². The van der Waals surface area contributed by atoms with Gasteiger partial charge in [0.2, 0.25) is 0 Å². The van der Waals surface area contributed by atoms with Crippen molar-refractivity contribution in [3.8, 4) is 0 Å². The third-order valence-corrected chi connectivity index (χ3v) is 16.4. The number of hydrogen-bond donors (Lipinski definition) is 0. The molecule has 0 bridgehead atoms. The van der Waals surface area contributed by atoms with Gasteiger partial charge in [-0.2, -0.15) is 0 Å². The summed E-state index contributed by atoms with van der Waals surface area (Å²) in [4.78, 5) is 16.4. The highest BCUT2D eigenvalue weighted by atomic mass is 16.3. The van der Waals surface area contributed by atoms with E-state index in [0.717, 1.165) is 136 Å². The van der Waals surface area contributed by atoms with E-state index in [-0.39, 0.29) is 0 Å². The lowest BCUT2D eigenvalue weighted by atomic mass is 9.66. The van der Waals surface area contributed by atoms with Crippen molar-refractivity contribution in [2.75, 3.05) is 0 Å². The Balaban J connectivity index is 1.03. The maximum atomic E-state index is 6.80. The minimum Gasteiger partial charge on any atom is -0.456 e. The molecule has 8 aliphatic carbocycles. The molecule has 3 heterocycles. The summed E-state index contributed by atoms with van der Waals surface area (Å²) >= 11 is 0. The summed E-state index contributed by atoms with van der Waals surface area (Å²) < 4.78 is 9.33. The van der Waals surface area contributed by atoms with Gasteiger partial charge in [-0.05, 0) is 168 Å². The standard InChI is InChI=1S/C64H62N4O/c1-41-17-16-24-48(37-41)63-65-62(44-22-10-4-11-23-44)66-64(67-63)54-39-47(53-38-45(42-18-6-2-7-19-42)29-32-50(53)43-20-8-3-9-21-43)30-33-51(54)46-31-35-58-55(40-46)61-59(69-58)36-34-57-60(61)52-27-14-15-28-56(52)68(57)49-25-12-5-13-26-49/h2-3,5-6,8,10,12,18,20,22-25,27-29,31-32,34-36,39-41,45,50,53H,4,7,9,11,13-17,19,21,26,30,33,37-38H2,1H3. The maximum Gasteiger partial charge on any atom is 0.164 e. The molecule has 0 aliphatic heterocycles. The van der Waals surface area contributed by atoms with Gasteiger partial charge in [0.1, 0.15) is 11.2 Å². The van der Waals surface area contributed by atoms with E-state index in [2.05, 4.69) is 151 Å². The second-order valence-corrected chi connectivity index (χ2v) is 20.8. The van der Waals surface area contributed by atoms with E-state index < -0.39 is 0 Å². The van der Waals surface area contributed by atoms with Gasteiger partial charge in [0.05, 0.1) is 5.52 Å². The van der Waals surface area contributed by atoms with E-state index in [1.807, 2.05) is 0 Å². The number of furan rings is 1. The zero-order valence-corrected chi connectivity index (χ0v) is 40.1. The van der Waals surface area contributed by atoms with Gasteiger partial charge >= 0.3 is 0 Å². The van der Waals surface area contributed by atoms with Crippen molar-refractivity contribution in [1.29, 1.82) is 0 Å². The van der Waals surface area contributed by atoms with Crippen molar-refractivity contribution in [3.05, 3.63) is 178 Å². The Labute approximate surface area is 406 Å². The molecule has 4 unspecified atom stereocenters. The van der Waals surface area contributed by atoms with Crippen LogP contribution in [0.3, 0.4) is 0 Å². The molecule has 69 heavy (non-hydrogen) atoms. The monoisotopic (exact) mass is 902 g/mol. The molecule has 0 saturated heterocycles. The average molecular weight is 903 g/mol. The topological polar surface area (TPSA) is 56.7 Å². The number of benzene rings is 2. The van der Waals surface area contributed by atoms with E-state index in [9.17, 15) is 0 Å². The Morgan fingerprint density at radius 1 is 0.638 bits per heavy atom. The largest absolute Gasteiger partial charge is 0.456 e. The highest BCUT2D eigenvalue weighted by molar-refractivity contribution is 6.19. The molecular formula is C64H62N4O. The molecule has 5 nitrogen and oxygen atoms in total. The molecule has 3 aromatic heterocycles. The predicted octanol–water partition coefficient (Wildman–Crippen LogP) is 15.2. The number of aromatic nitrogens is 4. The zero-order chi connectivity index (χ0) is 45.8. The fourth-order valence-electron chi connectivity index (χ4n) is 13.0. The summed E-state index contributed by atoms with van der Waals surface area (Å²) in [5.41, 5.74) is 15.2. The molecule has 0 N–H and O–H groups in total.